The topological polar surface area (TPSA) is 84.6 Å². The fraction of sp³-hybridized carbons (Fsp3) is 0.364. The van der Waals surface area contributed by atoms with Gasteiger partial charge >= 0.3 is 5.69 Å². The van der Waals surface area contributed by atoms with Crippen molar-refractivity contribution in [3.8, 4) is 0 Å². The average molecular weight is 443 g/mol. The second-order valence-corrected chi connectivity index (χ2v) is 9.88. The Bertz CT molecular complexity index is 1320. The number of fused-ring (bicyclic) bond motifs is 1. The number of nitrogens with zero attached hydrogens (tertiary/aromatic N) is 4. The van der Waals surface area contributed by atoms with Crippen LogP contribution in [0.2, 0.25) is 0 Å². The lowest BCUT2D eigenvalue weighted by molar-refractivity contribution is -0.133. The lowest BCUT2D eigenvalue weighted by Gasteiger charge is -2.34. The van der Waals surface area contributed by atoms with Gasteiger partial charge in [0, 0.05) is 33.2 Å². The third-order valence-electron chi connectivity index (χ3n) is 5.90. The van der Waals surface area contributed by atoms with Crippen LogP contribution in [0.1, 0.15) is 11.1 Å². The van der Waals surface area contributed by atoms with Crippen molar-refractivity contribution in [3.05, 3.63) is 64.1 Å². The Balaban J connectivity index is 1.48. The Morgan fingerprint density at radius 2 is 1.61 bits per heavy atom. The number of benzene rings is 2. The fourth-order valence-electron chi connectivity index (χ4n) is 4.05. The number of para-hydroxylation sites is 2. The second kappa shape index (κ2) is 7.97. The van der Waals surface area contributed by atoms with Gasteiger partial charge in [0.25, 0.3) is 0 Å². The van der Waals surface area contributed by atoms with E-state index in [-0.39, 0.29) is 31.2 Å². The molecule has 0 bridgehead atoms. The number of aromatic nitrogens is 2. The van der Waals surface area contributed by atoms with Gasteiger partial charge in [0.15, 0.2) is 0 Å². The number of aryl methyl sites for hydroxylation is 3. The summed E-state index contributed by atoms with van der Waals surface area (Å²) in [6, 6.07) is 12.7. The van der Waals surface area contributed by atoms with Gasteiger partial charge in [-0.2, -0.15) is 4.31 Å². The van der Waals surface area contributed by atoms with Crippen LogP contribution >= 0.6 is 0 Å². The van der Waals surface area contributed by atoms with Gasteiger partial charge in [-0.15, -0.1) is 0 Å². The van der Waals surface area contributed by atoms with Gasteiger partial charge in [-0.1, -0.05) is 24.3 Å². The molecule has 1 aliphatic heterocycles. The molecule has 1 saturated heterocycles. The quantitative estimate of drug-likeness (QED) is 0.613. The Kier molecular flexibility index (Phi) is 5.49. The maximum Gasteiger partial charge on any atom is 0.329 e. The van der Waals surface area contributed by atoms with Crippen LogP contribution in [0.4, 0.5) is 0 Å². The number of piperazine rings is 1. The monoisotopic (exact) mass is 442 g/mol. The Labute approximate surface area is 181 Å². The fourth-order valence-corrected chi connectivity index (χ4v) is 5.79. The van der Waals surface area contributed by atoms with E-state index in [1.165, 1.54) is 13.4 Å². The molecule has 2 heterocycles. The third-order valence-corrected chi connectivity index (χ3v) is 7.94. The number of carbonyl (C=O) groups is 1. The minimum Gasteiger partial charge on any atom is -0.338 e. The summed E-state index contributed by atoms with van der Waals surface area (Å²) in [4.78, 5) is 27.4. The van der Waals surface area contributed by atoms with Gasteiger partial charge in [-0.25, -0.2) is 13.2 Å². The highest BCUT2D eigenvalue weighted by Gasteiger charge is 2.31. The maximum absolute atomic E-state index is 13.1. The molecule has 1 aliphatic rings. The van der Waals surface area contributed by atoms with E-state index in [1.54, 1.807) is 24.9 Å². The lowest BCUT2D eigenvalue weighted by Crippen LogP contribution is -2.51. The zero-order valence-electron chi connectivity index (χ0n) is 17.9. The molecule has 0 saturated carbocycles. The van der Waals surface area contributed by atoms with Crippen molar-refractivity contribution in [2.45, 2.75) is 25.3 Å². The summed E-state index contributed by atoms with van der Waals surface area (Å²) in [7, 11) is -1.94. The van der Waals surface area contributed by atoms with Crippen LogP contribution in [0.5, 0.6) is 0 Å². The highest BCUT2D eigenvalue weighted by atomic mass is 32.2. The van der Waals surface area contributed by atoms with E-state index in [2.05, 4.69) is 0 Å². The Hall–Kier alpha value is -2.91. The number of imidazole rings is 1. The van der Waals surface area contributed by atoms with Gasteiger partial charge in [0.05, 0.1) is 15.9 Å². The van der Waals surface area contributed by atoms with Crippen molar-refractivity contribution < 1.29 is 13.2 Å². The third kappa shape index (κ3) is 3.79. The molecule has 2 aromatic carbocycles. The van der Waals surface area contributed by atoms with Crippen LogP contribution in [-0.4, -0.2) is 58.8 Å². The van der Waals surface area contributed by atoms with E-state index >= 15 is 0 Å². The normalized spacial score (nSPS) is 15.5. The first-order chi connectivity index (χ1) is 14.7. The van der Waals surface area contributed by atoms with E-state index in [1.807, 2.05) is 43.3 Å². The predicted molar refractivity (Wildman–Crippen MR) is 118 cm³/mol. The van der Waals surface area contributed by atoms with Crippen LogP contribution in [0.25, 0.3) is 11.0 Å². The van der Waals surface area contributed by atoms with E-state index in [0.717, 1.165) is 11.1 Å². The van der Waals surface area contributed by atoms with Gasteiger partial charge in [-0.05, 0) is 43.2 Å². The van der Waals surface area contributed by atoms with Crippen molar-refractivity contribution >= 4 is 27.0 Å². The van der Waals surface area contributed by atoms with Crippen LogP contribution in [0, 0.1) is 13.8 Å². The first kappa shape index (κ1) is 21.3. The van der Waals surface area contributed by atoms with Gasteiger partial charge in [-0.3, -0.25) is 13.9 Å². The molecule has 164 valence electrons. The number of rotatable bonds is 4. The molecule has 0 unspecified atom stereocenters. The maximum atomic E-state index is 13.1. The molecule has 0 aliphatic carbocycles. The highest BCUT2D eigenvalue weighted by Crippen LogP contribution is 2.22. The zero-order chi connectivity index (χ0) is 22.3. The largest absolute Gasteiger partial charge is 0.338 e. The summed E-state index contributed by atoms with van der Waals surface area (Å²) in [6.45, 7) is 4.63. The summed E-state index contributed by atoms with van der Waals surface area (Å²) in [5.41, 5.74) is 2.83. The first-order valence-corrected chi connectivity index (χ1v) is 11.6. The molecular weight excluding hydrogens is 416 g/mol. The van der Waals surface area contributed by atoms with E-state index in [4.69, 9.17) is 0 Å². The van der Waals surface area contributed by atoms with Crippen LogP contribution in [0.3, 0.4) is 0 Å². The highest BCUT2D eigenvalue weighted by molar-refractivity contribution is 7.89. The molecule has 1 fully saturated rings. The molecule has 9 heteroatoms. The number of carbonyl (C=O) groups excluding carboxylic acids is 1. The van der Waals surface area contributed by atoms with Crippen molar-refractivity contribution in [1.29, 1.82) is 0 Å². The second-order valence-electron chi connectivity index (χ2n) is 7.97. The molecule has 0 spiro atoms. The summed E-state index contributed by atoms with van der Waals surface area (Å²) in [6.07, 6.45) is 0. The SMILES string of the molecule is Cc1ccc(C)c(S(=O)(=O)N2CCN(C(=O)Cn3c(=O)n(C)c4ccccc43)CC2)c1. The molecule has 8 nitrogen and oxygen atoms in total. The molecule has 4 rings (SSSR count). The van der Waals surface area contributed by atoms with Crippen LogP contribution < -0.4 is 5.69 Å². The molecule has 3 aromatic rings. The minimum atomic E-state index is -3.62. The summed E-state index contributed by atoms with van der Waals surface area (Å²) < 4.78 is 30.6. The van der Waals surface area contributed by atoms with E-state index in [9.17, 15) is 18.0 Å². The number of amides is 1. The molecule has 0 N–H and O–H groups in total. The van der Waals surface area contributed by atoms with Gasteiger partial charge < -0.3 is 4.90 Å². The Morgan fingerprint density at radius 1 is 0.968 bits per heavy atom. The van der Waals surface area contributed by atoms with Crippen molar-refractivity contribution in [1.82, 2.24) is 18.3 Å². The Morgan fingerprint density at radius 3 is 2.29 bits per heavy atom. The molecule has 0 radical (unpaired) electrons. The summed E-state index contributed by atoms with van der Waals surface area (Å²) in [5, 5.41) is 0. The van der Waals surface area contributed by atoms with Crippen molar-refractivity contribution in [2.75, 3.05) is 26.2 Å². The standard InChI is InChI=1S/C22H26N4O4S/c1-16-8-9-17(2)20(14-16)31(29,30)25-12-10-24(11-13-25)21(27)15-26-19-7-5-4-6-18(19)23(3)22(26)28/h4-9,14H,10-13,15H2,1-3H3. The van der Waals surface area contributed by atoms with Crippen molar-refractivity contribution in [3.63, 3.8) is 0 Å². The first-order valence-electron chi connectivity index (χ1n) is 10.2. The van der Waals surface area contributed by atoms with E-state index < -0.39 is 10.0 Å². The lowest BCUT2D eigenvalue weighted by atomic mass is 10.2. The number of sulfonamides is 1. The van der Waals surface area contributed by atoms with Gasteiger partial charge in [0.2, 0.25) is 15.9 Å². The number of hydrogen-bond acceptors (Lipinski definition) is 4. The predicted octanol–water partition coefficient (Wildman–Crippen LogP) is 1.49. The molecule has 1 amide bonds. The molecule has 1 aromatic heterocycles. The van der Waals surface area contributed by atoms with Crippen LogP contribution in [-0.2, 0) is 28.4 Å². The van der Waals surface area contributed by atoms with Gasteiger partial charge in [0.1, 0.15) is 6.54 Å². The molecule has 0 atom stereocenters. The van der Waals surface area contributed by atoms with Crippen molar-refractivity contribution in [2.24, 2.45) is 7.05 Å². The molecular formula is C22H26N4O4S. The van der Waals surface area contributed by atoms with E-state index in [0.29, 0.717) is 29.1 Å². The summed E-state index contributed by atoms with van der Waals surface area (Å²) >= 11 is 0. The number of hydrogen-bond donors (Lipinski definition) is 0. The average Bonchev–Trinajstić information content (AvgIpc) is 3.00. The molecule has 31 heavy (non-hydrogen) atoms. The minimum absolute atomic E-state index is 0.0656. The smallest absolute Gasteiger partial charge is 0.329 e. The summed E-state index contributed by atoms with van der Waals surface area (Å²) in [5.74, 6) is -0.192. The zero-order valence-corrected chi connectivity index (χ0v) is 18.7. The van der Waals surface area contributed by atoms with Crippen LogP contribution in [0.15, 0.2) is 52.2 Å².